The summed E-state index contributed by atoms with van der Waals surface area (Å²) in [5.41, 5.74) is 4.58. The Morgan fingerprint density at radius 3 is 2.33 bits per heavy atom. The molecule has 0 radical (unpaired) electrons. The third-order valence-corrected chi connectivity index (χ3v) is 0.550. The van der Waals surface area contributed by atoms with Crippen LogP contribution in [0.5, 0.6) is 0 Å². The number of hydrogen-bond acceptors (Lipinski definition) is 3. The average Bonchev–Trinajstić information content (AvgIpc) is 1.62. The van der Waals surface area contributed by atoms with Gasteiger partial charge in [0.15, 0.2) is 12.3 Å². The van der Waals surface area contributed by atoms with E-state index in [1.807, 2.05) is 0 Å². The average molecular weight is 130 g/mol. The van der Waals surface area contributed by atoms with Crippen LogP contribution in [0.15, 0.2) is 5.76 Å². The molecule has 3 heteroatoms. The van der Waals surface area contributed by atoms with Gasteiger partial charge in [-0.3, -0.25) is 5.73 Å². The fourth-order valence-electron chi connectivity index (χ4n) is 0.370. The first kappa shape index (κ1) is 8.37. The minimum Gasteiger partial charge on any atom is -0.434 e. The summed E-state index contributed by atoms with van der Waals surface area (Å²) in [5.74, 6) is 0.0440. The van der Waals surface area contributed by atoms with Gasteiger partial charge in [-0.05, 0) is 13.8 Å². The molecule has 0 aliphatic carbocycles. The van der Waals surface area contributed by atoms with E-state index >= 15 is 0 Å². The number of aliphatic hydroxyl groups excluding tert-OH is 1. The van der Waals surface area contributed by atoms with Gasteiger partial charge in [0.05, 0.1) is 0 Å². The normalized spacial score (nSPS) is 11.0. The van der Waals surface area contributed by atoms with Crippen LogP contribution in [0, 0.1) is 6.58 Å². The summed E-state index contributed by atoms with van der Waals surface area (Å²) in [6.07, 6.45) is 0. The number of hydrogen-bond donors (Lipinski definition) is 2. The third-order valence-electron chi connectivity index (χ3n) is 0.550. The van der Waals surface area contributed by atoms with Gasteiger partial charge in [0, 0.05) is 0 Å². The summed E-state index contributed by atoms with van der Waals surface area (Å²) in [4.78, 5) is 0. The van der Waals surface area contributed by atoms with Crippen molar-refractivity contribution >= 4 is 0 Å². The Bertz CT molecular complexity index is 104. The molecule has 0 atom stereocenters. The van der Waals surface area contributed by atoms with E-state index in [-0.39, 0.29) is 12.4 Å². The molecule has 0 aromatic rings. The van der Waals surface area contributed by atoms with E-state index in [4.69, 9.17) is 22.2 Å². The zero-order chi connectivity index (χ0) is 7.49. The van der Waals surface area contributed by atoms with E-state index in [2.05, 4.69) is 0 Å². The number of aliphatic hydroxyl groups is 1. The van der Waals surface area contributed by atoms with Crippen molar-refractivity contribution in [3.8, 4) is 0 Å². The van der Waals surface area contributed by atoms with Crippen LogP contribution in [0.1, 0.15) is 13.8 Å². The van der Waals surface area contributed by atoms with Crippen LogP contribution in [0.2, 0.25) is 0 Å². The Morgan fingerprint density at radius 2 is 2.22 bits per heavy atom. The predicted octanol–water partition coefficient (Wildman–Crippen LogP) is 0.00699. The predicted molar refractivity (Wildman–Crippen MR) is 34.3 cm³/mol. The minimum absolute atomic E-state index is 0.0440. The van der Waals surface area contributed by atoms with Crippen molar-refractivity contribution in [2.24, 2.45) is 5.73 Å². The maximum atomic E-state index is 8.36. The van der Waals surface area contributed by atoms with Crippen molar-refractivity contribution in [2.75, 3.05) is 6.61 Å². The Morgan fingerprint density at radius 1 is 1.78 bits per heavy atom. The molecule has 0 spiro atoms. The van der Waals surface area contributed by atoms with Crippen molar-refractivity contribution < 1.29 is 9.84 Å². The Balaban J connectivity index is 3.60. The second kappa shape index (κ2) is 2.78. The zero-order valence-electron chi connectivity index (χ0n) is 5.72. The van der Waals surface area contributed by atoms with Gasteiger partial charge < -0.3 is 9.84 Å². The highest BCUT2D eigenvalue weighted by molar-refractivity contribution is 4.80. The van der Waals surface area contributed by atoms with E-state index in [0.29, 0.717) is 0 Å². The van der Waals surface area contributed by atoms with E-state index in [9.17, 15) is 0 Å². The summed E-state index contributed by atoms with van der Waals surface area (Å²) in [5, 5.41) is 8.36. The van der Waals surface area contributed by atoms with Crippen LogP contribution < -0.4 is 5.73 Å². The van der Waals surface area contributed by atoms with Crippen molar-refractivity contribution in [1.29, 1.82) is 0 Å². The maximum Gasteiger partial charge on any atom is 0.364 e. The van der Waals surface area contributed by atoms with Crippen molar-refractivity contribution in [2.45, 2.75) is 19.6 Å². The lowest BCUT2D eigenvalue weighted by molar-refractivity contribution is 0.0235. The second-order valence-corrected chi connectivity index (χ2v) is 2.33. The van der Waals surface area contributed by atoms with Crippen LogP contribution in [-0.2, 0) is 4.74 Å². The summed E-state index contributed by atoms with van der Waals surface area (Å²) in [7, 11) is 0. The first-order chi connectivity index (χ1) is 3.95. The molecule has 0 aliphatic rings. The lowest BCUT2D eigenvalue weighted by atomic mass is 10.3. The summed E-state index contributed by atoms with van der Waals surface area (Å²) >= 11 is 0. The molecular weight excluding hydrogens is 118 g/mol. The molecule has 0 aromatic carbocycles. The van der Waals surface area contributed by atoms with Crippen LogP contribution >= 0.6 is 0 Å². The molecule has 0 saturated heterocycles. The molecule has 0 heterocycles. The van der Waals surface area contributed by atoms with Crippen LogP contribution in [-0.4, -0.2) is 17.4 Å². The van der Waals surface area contributed by atoms with E-state index in [1.165, 1.54) is 0 Å². The maximum absolute atomic E-state index is 8.36. The minimum atomic E-state index is -0.799. The number of nitrogens with two attached hydrogens (primary N) is 1. The summed E-state index contributed by atoms with van der Waals surface area (Å²) in [6, 6.07) is 0. The fraction of sp³-hybridized carbons (Fsp3) is 0.667. The lowest BCUT2D eigenvalue weighted by Gasteiger charge is -2.16. The Labute approximate surface area is 55.1 Å². The second-order valence-electron chi connectivity index (χ2n) is 2.33. The lowest BCUT2D eigenvalue weighted by Crippen LogP contribution is -2.35. The molecule has 0 rings (SSSR count). The molecule has 3 nitrogen and oxygen atoms in total. The van der Waals surface area contributed by atoms with Gasteiger partial charge >= 0.3 is 5.76 Å². The van der Waals surface area contributed by atoms with Gasteiger partial charge in [0.2, 0.25) is 0 Å². The third kappa shape index (κ3) is 5.24. The smallest absolute Gasteiger partial charge is 0.364 e. The van der Waals surface area contributed by atoms with Gasteiger partial charge in [-0.25, -0.2) is 0 Å². The molecule has 0 unspecified atom stereocenters. The molecule has 0 fully saturated rings. The summed E-state index contributed by atoms with van der Waals surface area (Å²) < 4.78 is 4.81. The van der Waals surface area contributed by atoms with Gasteiger partial charge in [-0.1, -0.05) is 0 Å². The molecule has 0 aromatic heterocycles. The molecule has 0 amide bonds. The molecule has 0 aliphatic heterocycles. The van der Waals surface area contributed by atoms with Crippen LogP contribution in [0.25, 0.3) is 0 Å². The molecule has 0 saturated carbocycles. The molecule has 3 N–H and O–H groups in total. The van der Waals surface area contributed by atoms with E-state index in [0.717, 1.165) is 0 Å². The molecule has 52 valence electrons. The largest absolute Gasteiger partial charge is 0.434 e. The van der Waals surface area contributed by atoms with Crippen molar-refractivity contribution in [3.05, 3.63) is 12.3 Å². The van der Waals surface area contributed by atoms with Gasteiger partial charge in [0.1, 0.15) is 0 Å². The van der Waals surface area contributed by atoms with Crippen LogP contribution in [0.3, 0.4) is 0 Å². The Kier molecular flexibility index (Phi) is 2.59. The quantitative estimate of drug-likeness (QED) is 0.321. The topological polar surface area (TPSA) is 55.5 Å². The highest BCUT2D eigenvalue weighted by Gasteiger charge is 2.16. The van der Waals surface area contributed by atoms with Gasteiger partial charge in [0.25, 0.3) is 6.58 Å². The summed E-state index contributed by atoms with van der Waals surface area (Å²) in [6.45, 7) is 8.13. The Hall–Kier alpha value is -0.630. The number of rotatable bonds is 3. The highest BCUT2D eigenvalue weighted by Crippen LogP contribution is 2.04. The van der Waals surface area contributed by atoms with Gasteiger partial charge in [-0.15, -0.1) is 0 Å². The first-order valence-electron chi connectivity index (χ1n) is 2.66. The zero-order valence-corrected chi connectivity index (χ0v) is 5.72. The van der Waals surface area contributed by atoms with E-state index in [1.54, 1.807) is 13.8 Å². The molecule has 0 bridgehead atoms. The van der Waals surface area contributed by atoms with E-state index < -0.39 is 5.72 Å². The van der Waals surface area contributed by atoms with Gasteiger partial charge in [-0.2, -0.15) is 0 Å². The molecular formula is C6H12NO2+. The first-order valence-corrected chi connectivity index (χ1v) is 2.66. The fourth-order valence-corrected chi connectivity index (χ4v) is 0.370. The molecule has 9 heavy (non-hydrogen) atoms. The van der Waals surface area contributed by atoms with Crippen molar-refractivity contribution in [1.82, 2.24) is 0 Å². The van der Waals surface area contributed by atoms with Crippen LogP contribution in [0.4, 0.5) is 0 Å². The number of ether oxygens (including phenoxy) is 1. The SMILES string of the molecule is [CH+]=C(CO)OC(C)(C)N. The van der Waals surface area contributed by atoms with Crippen molar-refractivity contribution in [3.63, 3.8) is 0 Å². The highest BCUT2D eigenvalue weighted by atomic mass is 16.5. The monoisotopic (exact) mass is 130 g/mol. The standard InChI is InChI=1S/C6H12NO2/c1-5(4-8)9-6(2,3)7/h1,8H,4,7H2,2-3H3/q+1.